The van der Waals surface area contributed by atoms with E-state index in [9.17, 15) is 0 Å². The van der Waals surface area contributed by atoms with Gasteiger partial charge in [-0.2, -0.15) is 0 Å². The molecule has 0 bridgehead atoms. The van der Waals surface area contributed by atoms with Gasteiger partial charge in [-0.15, -0.1) is 0 Å². The molecule has 0 amide bonds. The maximum atomic E-state index is 4.66. The lowest BCUT2D eigenvalue weighted by Gasteiger charge is -2.27. The van der Waals surface area contributed by atoms with Crippen LogP contribution in [0.1, 0.15) is 25.3 Å². The molecule has 192 valence electrons. The van der Waals surface area contributed by atoms with Crippen molar-refractivity contribution in [2.45, 2.75) is 19.8 Å². The van der Waals surface area contributed by atoms with E-state index in [4.69, 9.17) is 0 Å². The second-order valence-electron chi connectivity index (χ2n) is 9.39. The molecule has 3 nitrogen and oxygen atoms in total. The first-order valence-corrected chi connectivity index (χ1v) is 13.4. The normalized spacial score (nSPS) is 13.1. The van der Waals surface area contributed by atoms with Gasteiger partial charge in [-0.05, 0) is 96.8 Å². The molecule has 0 saturated carbocycles. The van der Waals surface area contributed by atoms with Crippen LogP contribution in [0.15, 0.2) is 145 Å². The van der Waals surface area contributed by atoms with Gasteiger partial charge in [0.2, 0.25) is 0 Å². The zero-order chi connectivity index (χ0) is 26.9. The molecule has 0 fully saturated rings. The summed E-state index contributed by atoms with van der Waals surface area (Å²) in [4.78, 5) is 11.2. The Hall–Kier alpha value is -4.76. The van der Waals surface area contributed by atoms with E-state index in [0.29, 0.717) is 6.54 Å². The summed E-state index contributed by atoms with van der Waals surface area (Å²) in [7, 11) is 0. The molecule has 39 heavy (non-hydrogen) atoms. The van der Waals surface area contributed by atoms with E-state index in [-0.39, 0.29) is 0 Å². The number of anilines is 2. The molecule has 4 aromatic rings. The number of hydrogen-bond acceptors (Lipinski definition) is 3. The summed E-state index contributed by atoms with van der Waals surface area (Å²) in [6.45, 7) is 7.02. The van der Waals surface area contributed by atoms with Crippen LogP contribution in [0.2, 0.25) is 0 Å². The van der Waals surface area contributed by atoms with Crippen LogP contribution < -0.4 is 4.90 Å². The average molecular weight is 508 g/mol. The maximum Gasteiger partial charge on any atom is 0.0702 e. The van der Waals surface area contributed by atoms with Crippen LogP contribution in [-0.2, 0) is 0 Å². The number of rotatable bonds is 9. The first-order valence-electron chi connectivity index (χ1n) is 13.4. The lowest BCUT2D eigenvalue weighted by molar-refractivity contribution is 1.04. The van der Waals surface area contributed by atoms with Crippen molar-refractivity contribution in [2.24, 2.45) is 4.99 Å². The first-order chi connectivity index (χ1) is 19.2. The minimum atomic E-state index is 0.618. The molecule has 0 unspecified atom stereocenters. The zero-order valence-corrected chi connectivity index (χ0v) is 22.4. The van der Waals surface area contributed by atoms with E-state index in [0.717, 1.165) is 41.2 Å². The van der Waals surface area contributed by atoms with Crippen LogP contribution in [0.25, 0.3) is 28.0 Å². The average Bonchev–Trinajstić information content (AvgIpc) is 3.01. The fraction of sp³-hybridized carbons (Fsp3) is 0.111. The Morgan fingerprint density at radius 2 is 1.62 bits per heavy atom. The molecule has 5 rings (SSSR count). The summed E-state index contributed by atoms with van der Waals surface area (Å²) in [5.74, 6) is 0. The van der Waals surface area contributed by atoms with Gasteiger partial charge in [0.25, 0.3) is 0 Å². The van der Waals surface area contributed by atoms with Crippen LogP contribution in [0.4, 0.5) is 11.4 Å². The zero-order valence-electron chi connectivity index (χ0n) is 22.4. The van der Waals surface area contributed by atoms with Gasteiger partial charge in [0, 0.05) is 28.8 Å². The Labute approximate surface area is 231 Å². The summed E-state index contributed by atoms with van der Waals surface area (Å²) in [6, 6.07) is 31.9. The highest BCUT2D eigenvalue weighted by Crippen LogP contribution is 2.37. The van der Waals surface area contributed by atoms with Gasteiger partial charge in [0.1, 0.15) is 0 Å². The molecule has 1 aromatic heterocycles. The third-order valence-electron chi connectivity index (χ3n) is 6.69. The van der Waals surface area contributed by atoms with Crippen molar-refractivity contribution in [3.63, 3.8) is 0 Å². The van der Waals surface area contributed by atoms with Gasteiger partial charge in [-0.3, -0.25) is 9.98 Å². The van der Waals surface area contributed by atoms with Gasteiger partial charge in [-0.25, -0.2) is 0 Å². The van der Waals surface area contributed by atoms with Gasteiger partial charge in [0.15, 0.2) is 0 Å². The van der Waals surface area contributed by atoms with Crippen molar-refractivity contribution in [3.8, 4) is 22.4 Å². The highest BCUT2D eigenvalue weighted by molar-refractivity contribution is 5.84. The van der Waals surface area contributed by atoms with E-state index < -0.39 is 0 Å². The third kappa shape index (κ3) is 6.39. The lowest BCUT2D eigenvalue weighted by atomic mass is 9.95. The summed E-state index contributed by atoms with van der Waals surface area (Å²) in [5, 5.41) is 0. The third-order valence-corrected chi connectivity index (χ3v) is 6.69. The molecule has 1 aliphatic carbocycles. The Morgan fingerprint density at radius 3 is 2.33 bits per heavy atom. The van der Waals surface area contributed by atoms with Gasteiger partial charge in [0.05, 0.1) is 12.2 Å². The van der Waals surface area contributed by atoms with Crippen LogP contribution in [0, 0.1) is 0 Å². The predicted molar refractivity (Wildman–Crippen MR) is 167 cm³/mol. The molecule has 0 aliphatic heterocycles. The molecule has 3 aromatic carbocycles. The summed E-state index contributed by atoms with van der Waals surface area (Å²) >= 11 is 0. The predicted octanol–water partition coefficient (Wildman–Crippen LogP) is 9.45. The van der Waals surface area contributed by atoms with Crippen molar-refractivity contribution in [3.05, 3.63) is 145 Å². The summed E-state index contributed by atoms with van der Waals surface area (Å²) in [6.07, 6.45) is 16.7. The molecule has 0 N–H and O–H groups in total. The molecular formula is C36H33N3. The largest absolute Gasteiger partial charge is 0.311 e. The van der Waals surface area contributed by atoms with Crippen LogP contribution >= 0.6 is 0 Å². The number of aliphatic imine (C=N–C) groups is 1. The molecule has 0 radical (unpaired) electrons. The monoisotopic (exact) mass is 507 g/mol. The van der Waals surface area contributed by atoms with E-state index in [1.54, 1.807) is 0 Å². The Kier molecular flexibility index (Phi) is 8.40. The first kappa shape index (κ1) is 25.9. The molecule has 1 aliphatic rings. The standard InChI is InChI=1S/C36H33N3/c1-3-37-23-12-13-28(2)39(34-21-19-31(20-22-34)29-14-6-4-7-15-29)35-26-32(30-16-8-5-9-17-30)25-33(27-35)36-18-10-11-24-38-36/h3-4,6-8,10-22,24-27H,2,5,9,23H2,1H3. The Morgan fingerprint density at radius 1 is 0.846 bits per heavy atom. The number of hydrogen-bond donors (Lipinski definition) is 0. The number of aromatic nitrogens is 1. The van der Waals surface area contributed by atoms with E-state index >= 15 is 0 Å². The van der Waals surface area contributed by atoms with E-state index in [2.05, 4.69) is 112 Å². The summed E-state index contributed by atoms with van der Waals surface area (Å²) in [5.41, 5.74) is 9.74. The van der Waals surface area contributed by atoms with Gasteiger partial charge >= 0.3 is 0 Å². The molecule has 0 spiro atoms. The second kappa shape index (κ2) is 12.7. The Balaban J connectivity index is 1.62. The topological polar surface area (TPSA) is 28.5 Å². The fourth-order valence-corrected chi connectivity index (χ4v) is 4.76. The lowest BCUT2D eigenvalue weighted by Crippen LogP contribution is -2.15. The maximum absolute atomic E-state index is 4.66. The van der Waals surface area contributed by atoms with Crippen LogP contribution in [0.3, 0.4) is 0 Å². The van der Waals surface area contributed by atoms with Crippen molar-refractivity contribution in [1.29, 1.82) is 0 Å². The number of nitrogens with zero attached hydrogens (tertiary/aromatic N) is 3. The molecule has 1 heterocycles. The SMILES string of the molecule is C=C(C=CCN=CC)N(c1ccc(-c2ccccc2)cc1)c1cc(C2=CCCC=C2)cc(-c2ccccn2)c1. The Bertz CT molecular complexity index is 1530. The van der Waals surface area contributed by atoms with E-state index in [1.807, 2.05) is 49.7 Å². The minimum absolute atomic E-state index is 0.618. The molecule has 0 atom stereocenters. The molecule has 3 heteroatoms. The molecular weight excluding hydrogens is 474 g/mol. The summed E-state index contributed by atoms with van der Waals surface area (Å²) < 4.78 is 0. The number of benzene rings is 3. The van der Waals surface area contributed by atoms with Gasteiger partial charge in [-0.1, -0.05) is 79.4 Å². The van der Waals surface area contributed by atoms with Crippen LogP contribution in [0.5, 0.6) is 0 Å². The number of pyridine rings is 1. The number of allylic oxidation sites excluding steroid dienone is 5. The van der Waals surface area contributed by atoms with E-state index in [1.165, 1.54) is 22.3 Å². The highest BCUT2D eigenvalue weighted by atomic mass is 15.1. The van der Waals surface area contributed by atoms with Crippen molar-refractivity contribution >= 4 is 23.2 Å². The van der Waals surface area contributed by atoms with Crippen molar-refractivity contribution in [1.82, 2.24) is 4.98 Å². The quantitative estimate of drug-likeness (QED) is 0.167. The van der Waals surface area contributed by atoms with Gasteiger partial charge < -0.3 is 4.90 Å². The smallest absolute Gasteiger partial charge is 0.0702 e. The molecule has 0 saturated heterocycles. The van der Waals surface area contributed by atoms with Crippen molar-refractivity contribution < 1.29 is 0 Å². The van der Waals surface area contributed by atoms with Crippen molar-refractivity contribution in [2.75, 3.05) is 11.4 Å². The fourth-order valence-electron chi connectivity index (χ4n) is 4.76. The highest BCUT2D eigenvalue weighted by Gasteiger charge is 2.16. The minimum Gasteiger partial charge on any atom is -0.311 e. The van der Waals surface area contributed by atoms with Crippen LogP contribution in [-0.4, -0.2) is 17.7 Å². The second-order valence-corrected chi connectivity index (χ2v) is 9.39.